The van der Waals surface area contributed by atoms with Gasteiger partial charge in [0.2, 0.25) is 0 Å². The molecule has 0 amide bonds. The molecule has 3 aromatic rings. The predicted octanol–water partition coefficient (Wildman–Crippen LogP) is 3.75. The van der Waals surface area contributed by atoms with Crippen LogP contribution in [0.25, 0.3) is 11.0 Å². The molecule has 3 heterocycles. The van der Waals surface area contributed by atoms with Crippen LogP contribution in [0.1, 0.15) is 18.5 Å². The van der Waals surface area contributed by atoms with Crippen LogP contribution in [-0.2, 0) is 9.47 Å². The molecule has 0 bridgehead atoms. The van der Waals surface area contributed by atoms with E-state index in [1.807, 2.05) is 43.3 Å². The van der Waals surface area contributed by atoms with Crippen molar-refractivity contribution >= 4 is 16.9 Å². The number of ether oxygens (including phenoxy) is 3. The first-order valence-corrected chi connectivity index (χ1v) is 8.20. The Bertz CT molecular complexity index is 837. The highest BCUT2D eigenvalue weighted by Crippen LogP contribution is 2.40. The number of nitrogens with zero attached hydrogens (tertiary/aromatic N) is 1. The van der Waals surface area contributed by atoms with Crippen LogP contribution in [0.3, 0.4) is 0 Å². The molecule has 1 saturated heterocycles. The fourth-order valence-corrected chi connectivity index (χ4v) is 3.18. The summed E-state index contributed by atoms with van der Waals surface area (Å²) in [6, 6.07) is 11.4. The van der Waals surface area contributed by atoms with Crippen molar-refractivity contribution in [3.05, 3.63) is 54.4 Å². The molecule has 2 aromatic heterocycles. The maximum absolute atomic E-state index is 5.92. The molecule has 0 saturated carbocycles. The molecule has 1 unspecified atom stereocenters. The lowest BCUT2D eigenvalue weighted by molar-refractivity contribution is -0.155. The molecule has 1 fully saturated rings. The van der Waals surface area contributed by atoms with Gasteiger partial charge in [0.25, 0.3) is 0 Å². The van der Waals surface area contributed by atoms with Crippen molar-refractivity contribution < 1.29 is 18.6 Å². The van der Waals surface area contributed by atoms with Crippen molar-refractivity contribution in [2.45, 2.75) is 18.8 Å². The molecule has 1 aliphatic rings. The second-order valence-corrected chi connectivity index (χ2v) is 6.06. The smallest absolute Gasteiger partial charge is 0.194 e. The molecule has 6 nitrogen and oxygen atoms in total. The molecule has 1 atom stereocenters. The van der Waals surface area contributed by atoms with Crippen LogP contribution in [0.4, 0.5) is 5.88 Å². The van der Waals surface area contributed by atoms with Gasteiger partial charge in [0, 0.05) is 23.2 Å². The van der Waals surface area contributed by atoms with Gasteiger partial charge in [0.1, 0.15) is 17.4 Å². The number of methoxy groups -OCH3 is 1. The summed E-state index contributed by atoms with van der Waals surface area (Å²) in [7, 11) is 1.62. The fourth-order valence-electron chi connectivity index (χ4n) is 3.18. The molecule has 1 N–H and O–H groups in total. The number of furan rings is 1. The lowest BCUT2D eigenvalue weighted by Gasteiger charge is -2.33. The Morgan fingerprint density at radius 2 is 2.00 bits per heavy atom. The maximum Gasteiger partial charge on any atom is 0.194 e. The minimum atomic E-state index is -0.840. The maximum atomic E-state index is 5.92. The van der Waals surface area contributed by atoms with E-state index in [1.54, 1.807) is 19.5 Å². The number of benzene rings is 1. The number of hydrogen-bond acceptors (Lipinski definition) is 6. The number of nitrogens with one attached hydrogen (secondary N) is 1. The second kappa shape index (κ2) is 6.38. The number of aromatic nitrogens is 1. The highest BCUT2D eigenvalue weighted by molar-refractivity contribution is 5.80. The minimum Gasteiger partial charge on any atom is -0.495 e. The zero-order valence-corrected chi connectivity index (χ0v) is 14.2. The van der Waals surface area contributed by atoms with E-state index in [0.29, 0.717) is 24.8 Å². The monoisotopic (exact) mass is 340 g/mol. The van der Waals surface area contributed by atoms with Gasteiger partial charge in [-0.05, 0) is 19.1 Å². The Balaban J connectivity index is 1.75. The van der Waals surface area contributed by atoms with Gasteiger partial charge in [-0.15, -0.1) is 0 Å². The Labute approximate surface area is 145 Å². The zero-order chi connectivity index (χ0) is 17.3. The van der Waals surface area contributed by atoms with E-state index in [4.69, 9.17) is 18.6 Å². The summed E-state index contributed by atoms with van der Waals surface area (Å²) >= 11 is 0. The standard InChI is InChI=1S/C19H20N2O4/c1-19(23-9-10-24-19)18(14-7-8-20-12-16(14)22-2)21-17-11-13-5-3-4-6-15(13)25-17/h3-8,11-12,18,21H,9-10H2,1-2H3. The van der Waals surface area contributed by atoms with E-state index < -0.39 is 5.79 Å². The van der Waals surface area contributed by atoms with Crippen molar-refractivity contribution in [2.75, 3.05) is 25.6 Å². The van der Waals surface area contributed by atoms with Crippen LogP contribution in [-0.4, -0.2) is 31.1 Å². The molecule has 130 valence electrons. The predicted molar refractivity (Wildman–Crippen MR) is 93.7 cm³/mol. The topological polar surface area (TPSA) is 65.8 Å². The summed E-state index contributed by atoms with van der Waals surface area (Å²) in [5.74, 6) is 0.468. The van der Waals surface area contributed by atoms with Crippen LogP contribution >= 0.6 is 0 Å². The third-order valence-electron chi connectivity index (χ3n) is 4.44. The largest absolute Gasteiger partial charge is 0.495 e. The van der Waals surface area contributed by atoms with E-state index in [1.165, 1.54) is 0 Å². The molecule has 25 heavy (non-hydrogen) atoms. The summed E-state index contributed by atoms with van der Waals surface area (Å²) in [5, 5.41) is 4.45. The molecule has 0 spiro atoms. The molecule has 4 rings (SSSR count). The summed E-state index contributed by atoms with van der Waals surface area (Å²) in [5.41, 5.74) is 1.71. The molecule has 6 heteroatoms. The van der Waals surface area contributed by atoms with E-state index in [0.717, 1.165) is 16.5 Å². The molecule has 1 aromatic carbocycles. The molecular weight excluding hydrogens is 320 g/mol. The van der Waals surface area contributed by atoms with Gasteiger partial charge >= 0.3 is 0 Å². The summed E-state index contributed by atoms with van der Waals surface area (Å²) < 4.78 is 23.2. The van der Waals surface area contributed by atoms with E-state index in [2.05, 4.69) is 10.3 Å². The van der Waals surface area contributed by atoms with Crippen LogP contribution in [0.15, 0.2) is 53.2 Å². The average Bonchev–Trinajstić information content (AvgIpc) is 3.26. The van der Waals surface area contributed by atoms with E-state index >= 15 is 0 Å². The highest BCUT2D eigenvalue weighted by Gasteiger charge is 2.42. The highest BCUT2D eigenvalue weighted by atomic mass is 16.7. The zero-order valence-electron chi connectivity index (χ0n) is 14.2. The van der Waals surface area contributed by atoms with Crippen molar-refractivity contribution in [3.8, 4) is 5.75 Å². The van der Waals surface area contributed by atoms with Crippen molar-refractivity contribution in [3.63, 3.8) is 0 Å². The lowest BCUT2D eigenvalue weighted by atomic mass is 9.99. The number of para-hydroxylation sites is 1. The van der Waals surface area contributed by atoms with Gasteiger partial charge in [-0.1, -0.05) is 18.2 Å². The van der Waals surface area contributed by atoms with Gasteiger partial charge in [0.05, 0.1) is 26.5 Å². The Morgan fingerprint density at radius 1 is 1.20 bits per heavy atom. The molecule has 0 aliphatic carbocycles. The first-order valence-electron chi connectivity index (χ1n) is 8.20. The van der Waals surface area contributed by atoms with Crippen molar-refractivity contribution in [1.29, 1.82) is 0 Å². The lowest BCUT2D eigenvalue weighted by Crippen LogP contribution is -2.38. The van der Waals surface area contributed by atoms with Gasteiger partial charge in [0.15, 0.2) is 11.7 Å². The normalized spacial score (nSPS) is 17.5. The summed E-state index contributed by atoms with van der Waals surface area (Å²) in [6.45, 7) is 3.00. The second-order valence-electron chi connectivity index (χ2n) is 6.06. The first-order chi connectivity index (χ1) is 12.2. The molecule has 0 radical (unpaired) electrons. The molecule has 1 aliphatic heterocycles. The van der Waals surface area contributed by atoms with Crippen LogP contribution < -0.4 is 10.1 Å². The van der Waals surface area contributed by atoms with E-state index in [-0.39, 0.29) is 6.04 Å². The number of fused-ring (bicyclic) bond motifs is 1. The molecular formula is C19H20N2O4. The summed E-state index contributed by atoms with van der Waals surface area (Å²) in [6.07, 6.45) is 3.41. The average molecular weight is 340 g/mol. The van der Waals surface area contributed by atoms with Crippen LogP contribution in [0.5, 0.6) is 5.75 Å². The quantitative estimate of drug-likeness (QED) is 0.763. The number of anilines is 1. The SMILES string of the molecule is COc1cnccc1C(Nc1cc2ccccc2o1)C1(C)OCCO1. The summed E-state index contributed by atoms with van der Waals surface area (Å²) in [4.78, 5) is 4.13. The van der Waals surface area contributed by atoms with Gasteiger partial charge in [-0.2, -0.15) is 0 Å². The third kappa shape index (κ3) is 2.94. The number of hydrogen-bond donors (Lipinski definition) is 1. The Morgan fingerprint density at radius 3 is 2.76 bits per heavy atom. The Kier molecular flexibility index (Phi) is 4.07. The van der Waals surface area contributed by atoms with Gasteiger partial charge in [-0.3, -0.25) is 4.98 Å². The minimum absolute atomic E-state index is 0.325. The Hall–Kier alpha value is -2.57. The first kappa shape index (κ1) is 15.9. The fraction of sp³-hybridized carbons (Fsp3) is 0.316. The number of pyridine rings is 1. The van der Waals surface area contributed by atoms with Crippen LogP contribution in [0.2, 0.25) is 0 Å². The van der Waals surface area contributed by atoms with Crippen LogP contribution in [0, 0.1) is 0 Å². The van der Waals surface area contributed by atoms with Crippen molar-refractivity contribution in [2.24, 2.45) is 0 Å². The third-order valence-corrected chi connectivity index (χ3v) is 4.44. The number of rotatable bonds is 5. The van der Waals surface area contributed by atoms with E-state index in [9.17, 15) is 0 Å². The van der Waals surface area contributed by atoms with Crippen molar-refractivity contribution in [1.82, 2.24) is 4.98 Å². The van der Waals surface area contributed by atoms with Gasteiger partial charge in [-0.25, -0.2) is 0 Å². The van der Waals surface area contributed by atoms with Gasteiger partial charge < -0.3 is 23.9 Å².